The van der Waals surface area contributed by atoms with Crippen LogP contribution in [0.4, 0.5) is 11.4 Å². The van der Waals surface area contributed by atoms with Crippen molar-refractivity contribution >= 4 is 48.9 Å². The van der Waals surface area contributed by atoms with E-state index in [4.69, 9.17) is 10.00 Å². The molecule has 0 aromatic heterocycles. The number of ether oxygens (including phenoxy) is 1. The Morgan fingerprint density at radius 1 is 1.32 bits per heavy atom. The van der Waals surface area contributed by atoms with Crippen molar-refractivity contribution in [2.24, 2.45) is 5.10 Å². The first-order valence-electron chi connectivity index (χ1n) is 8.81. The fourth-order valence-corrected chi connectivity index (χ4v) is 4.11. The zero-order valence-corrected chi connectivity index (χ0v) is 19.2. The average molecular weight is 506 g/mol. The minimum atomic E-state index is -4.04. The van der Waals surface area contributed by atoms with E-state index in [1.54, 1.807) is 18.2 Å². The molecule has 0 bridgehead atoms. The molecule has 9 nitrogen and oxygen atoms in total. The van der Waals surface area contributed by atoms with Gasteiger partial charge in [-0.15, -0.1) is 6.58 Å². The van der Waals surface area contributed by atoms with Gasteiger partial charge in [-0.05, 0) is 58.7 Å². The summed E-state index contributed by atoms with van der Waals surface area (Å²) in [5.41, 5.74) is 3.56. The third-order valence-corrected chi connectivity index (χ3v) is 5.92. The summed E-state index contributed by atoms with van der Waals surface area (Å²) in [6, 6.07) is 11.1. The Kier molecular flexibility index (Phi) is 8.18. The van der Waals surface area contributed by atoms with E-state index in [9.17, 15) is 13.2 Å². The van der Waals surface area contributed by atoms with Crippen molar-refractivity contribution in [2.75, 3.05) is 23.8 Å². The molecule has 0 fully saturated rings. The monoisotopic (exact) mass is 505 g/mol. The van der Waals surface area contributed by atoms with Gasteiger partial charge in [0.2, 0.25) is 5.71 Å². The van der Waals surface area contributed by atoms with Crippen LogP contribution in [-0.2, 0) is 14.8 Å². The highest BCUT2D eigenvalue weighted by Gasteiger charge is 2.21. The van der Waals surface area contributed by atoms with Crippen LogP contribution < -0.4 is 20.2 Å². The van der Waals surface area contributed by atoms with Gasteiger partial charge in [0.25, 0.3) is 15.9 Å². The van der Waals surface area contributed by atoms with Crippen molar-refractivity contribution in [1.82, 2.24) is 5.32 Å². The third-order valence-electron chi connectivity index (χ3n) is 3.84. The molecule has 0 heterocycles. The number of halogens is 1. The molecule has 0 aliphatic heterocycles. The van der Waals surface area contributed by atoms with Crippen LogP contribution in [0.5, 0.6) is 5.75 Å². The molecule has 0 saturated carbocycles. The predicted molar refractivity (Wildman–Crippen MR) is 123 cm³/mol. The lowest BCUT2D eigenvalue weighted by atomic mass is 10.2. The molecule has 11 heteroatoms. The number of hydrazone groups is 1. The number of sulfonamides is 1. The van der Waals surface area contributed by atoms with Crippen molar-refractivity contribution in [3.8, 4) is 11.8 Å². The maximum absolute atomic E-state index is 13.0. The molecule has 2 aromatic carbocycles. The predicted octanol–water partition coefficient (Wildman–Crippen LogP) is 3.16. The third kappa shape index (κ3) is 6.31. The molecule has 0 atom stereocenters. The molecule has 2 aromatic rings. The van der Waals surface area contributed by atoms with E-state index >= 15 is 0 Å². The van der Waals surface area contributed by atoms with E-state index in [1.165, 1.54) is 31.4 Å². The molecule has 0 radical (unpaired) electrons. The number of rotatable bonds is 9. The minimum absolute atomic E-state index is 0.107. The number of carbonyl (C=O) groups excluding carboxylic acids is 1. The minimum Gasteiger partial charge on any atom is -0.495 e. The van der Waals surface area contributed by atoms with Gasteiger partial charge in [0.1, 0.15) is 16.7 Å². The van der Waals surface area contributed by atoms with E-state index < -0.39 is 21.6 Å². The second-order valence-electron chi connectivity index (χ2n) is 6.14. The molecule has 0 aliphatic carbocycles. The number of benzene rings is 2. The highest BCUT2D eigenvalue weighted by Crippen LogP contribution is 2.31. The Hall–Kier alpha value is -3.36. The van der Waals surface area contributed by atoms with Crippen LogP contribution in [0.1, 0.15) is 5.56 Å². The molecule has 1 amide bonds. The standard InChI is InChI=1S/C20H20BrN5O4S/c1-4-9-23-20(27)17(12-22)25-24-14-6-8-18(30-3)19(11-14)31(28,29)26-16-10-13(2)5-7-15(16)21/h4-8,10-11,24,26H,1,9H2,2-3H3,(H,23,27). The van der Waals surface area contributed by atoms with Crippen molar-refractivity contribution in [3.05, 3.63) is 59.1 Å². The zero-order chi connectivity index (χ0) is 23.0. The lowest BCUT2D eigenvalue weighted by Crippen LogP contribution is -2.30. The number of nitrogens with zero attached hydrogens (tertiary/aromatic N) is 2. The van der Waals surface area contributed by atoms with Crippen LogP contribution in [0, 0.1) is 18.3 Å². The molecule has 0 aliphatic rings. The number of hydrogen-bond donors (Lipinski definition) is 3. The summed E-state index contributed by atoms with van der Waals surface area (Å²) < 4.78 is 34.3. The number of aryl methyl sites for hydroxylation is 1. The number of hydrogen-bond acceptors (Lipinski definition) is 7. The summed E-state index contributed by atoms with van der Waals surface area (Å²) in [5, 5.41) is 15.3. The van der Waals surface area contributed by atoms with Gasteiger partial charge in [-0.1, -0.05) is 12.1 Å². The van der Waals surface area contributed by atoms with Crippen molar-refractivity contribution < 1.29 is 17.9 Å². The highest BCUT2D eigenvalue weighted by molar-refractivity contribution is 9.10. The van der Waals surface area contributed by atoms with E-state index in [0.717, 1.165) is 5.56 Å². The summed E-state index contributed by atoms with van der Waals surface area (Å²) in [5.74, 6) is -0.586. The van der Waals surface area contributed by atoms with Crippen LogP contribution in [0.3, 0.4) is 0 Å². The summed E-state index contributed by atoms with van der Waals surface area (Å²) in [4.78, 5) is 11.7. The second-order valence-corrected chi connectivity index (χ2v) is 8.64. The van der Waals surface area contributed by atoms with Gasteiger partial charge in [-0.25, -0.2) is 8.42 Å². The fraction of sp³-hybridized carbons (Fsp3) is 0.150. The van der Waals surface area contributed by atoms with Crippen LogP contribution in [0.15, 0.2) is 63.5 Å². The molecule has 0 spiro atoms. The Morgan fingerprint density at radius 2 is 2.06 bits per heavy atom. The van der Waals surface area contributed by atoms with Gasteiger partial charge in [0.05, 0.1) is 18.5 Å². The molecular weight excluding hydrogens is 486 g/mol. The number of anilines is 2. The van der Waals surface area contributed by atoms with Gasteiger partial charge in [-0.2, -0.15) is 10.4 Å². The summed E-state index contributed by atoms with van der Waals surface area (Å²) in [7, 11) is -2.69. The van der Waals surface area contributed by atoms with Crippen molar-refractivity contribution in [3.63, 3.8) is 0 Å². The largest absolute Gasteiger partial charge is 0.495 e. The molecule has 3 N–H and O–H groups in total. The first kappa shape index (κ1) is 23.9. The van der Waals surface area contributed by atoms with E-state index in [0.29, 0.717) is 10.2 Å². The number of methoxy groups -OCH3 is 1. The number of nitrogens with one attached hydrogen (secondary N) is 3. The number of nitriles is 1. The highest BCUT2D eigenvalue weighted by atomic mass is 79.9. The van der Waals surface area contributed by atoms with Crippen LogP contribution in [-0.4, -0.2) is 33.7 Å². The van der Waals surface area contributed by atoms with Gasteiger partial charge in [-0.3, -0.25) is 14.9 Å². The Bertz CT molecular complexity index is 1170. The van der Waals surface area contributed by atoms with Gasteiger partial charge in [0.15, 0.2) is 0 Å². The average Bonchev–Trinajstić information content (AvgIpc) is 2.74. The normalized spacial score (nSPS) is 11.2. The number of carbonyl (C=O) groups is 1. The molecule has 2 rings (SSSR count). The molecule has 0 saturated heterocycles. The molecule has 31 heavy (non-hydrogen) atoms. The summed E-state index contributed by atoms with van der Waals surface area (Å²) >= 11 is 3.32. The SMILES string of the molecule is C=CCNC(=O)C(C#N)=NNc1ccc(OC)c(S(=O)(=O)Nc2cc(C)ccc2Br)c1. The van der Waals surface area contributed by atoms with Crippen LogP contribution in [0.25, 0.3) is 0 Å². The first-order valence-corrected chi connectivity index (χ1v) is 11.1. The maximum atomic E-state index is 13.0. The molecule has 162 valence electrons. The van der Waals surface area contributed by atoms with E-state index in [1.807, 2.05) is 13.0 Å². The summed E-state index contributed by atoms with van der Waals surface area (Å²) in [6.45, 7) is 5.48. The van der Waals surface area contributed by atoms with Crippen molar-refractivity contribution in [2.45, 2.75) is 11.8 Å². The number of amides is 1. The quantitative estimate of drug-likeness (QED) is 0.272. The second kappa shape index (κ2) is 10.6. The van der Waals surface area contributed by atoms with E-state index in [-0.39, 0.29) is 22.9 Å². The van der Waals surface area contributed by atoms with Crippen LogP contribution in [0.2, 0.25) is 0 Å². The van der Waals surface area contributed by atoms with E-state index in [2.05, 4.69) is 43.1 Å². The van der Waals surface area contributed by atoms with Gasteiger partial charge < -0.3 is 10.1 Å². The molecule has 0 unspecified atom stereocenters. The lowest BCUT2D eigenvalue weighted by Gasteiger charge is -2.14. The van der Waals surface area contributed by atoms with Crippen LogP contribution >= 0.6 is 15.9 Å². The summed E-state index contributed by atoms with van der Waals surface area (Å²) in [6.07, 6.45) is 1.46. The van der Waals surface area contributed by atoms with Gasteiger partial charge in [0, 0.05) is 11.0 Å². The first-order chi connectivity index (χ1) is 14.7. The molecular formula is C20H20BrN5O4S. The smallest absolute Gasteiger partial charge is 0.282 e. The fourth-order valence-electron chi connectivity index (χ4n) is 2.37. The lowest BCUT2D eigenvalue weighted by molar-refractivity contribution is -0.114. The van der Waals surface area contributed by atoms with Crippen molar-refractivity contribution in [1.29, 1.82) is 5.26 Å². The Balaban J connectivity index is 2.36. The zero-order valence-electron chi connectivity index (χ0n) is 16.8. The van der Waals surface area contributed by atoms with Gasteiger partial charge >= 0.3 is 0 Å². The Morgan fingerprint density at radius 3 is 2.71 bits per heavy atom. The topological polar surface area (TPSA) is 133 Å². The maximum Gasteiger partial charge on any atom is 0.282 e. The Labute approximate surface area is 189 Å².